The molecule has 3 heterocycles. The van der Waals surface area contributed by atoms with Gasteiger partial charge in [-0.05, 0) is 26.0 Å². The van der Waals surface area contributed by atoms with Crippen LogP contribution in [-0.2, 0) is 6.42 Å². The van der Waals surface area contributed by atoms with Gasteiger partial charge in [-0.1, -0.05) is 0 Å². The molecule has 1 aromatic carbocycles. The van der Waals surface area contributed by atoms with Crippen molar-refractivity contribution in [2.24, 2.45) is 0 Å². The van der Waals surface area contributed by atoms with Crippen molar-refractivity contribution in [1.29, 1.82) is 0 Å². The molecule has 0 unspecified atom stereocenters. The van der Waals surface area contributed by atoms with Gasteiger partial charge in [0.15, 0.2) is 16.6 Å². The number of nitrogen functional groups attached to an aromatic ring is 1. The van der Waals surface area contributed by atoms with Crippen molar-refractivity contribution in [2.75, 3.05) is 18.9 Å². The van der Waals surface area contributed by atoms with Gasteiger partial charge < -0.3 is 15.2 Å². The molecule has 7 nitrogen and oxygen atoms in total. The number of ether oxygens (including phenoxy) is 2. The normalized spacial score (nSPS) is 13.2. The predicted octanol–water partition coefficient (Wildman–Crippen LogP) is 2.28. The second kappa shape index (κ2) is 5.79. The SMILES string of the molecule is Cc1nc(Cc2sc(N)nc2C)n(-c2ccc3c(c2)OCCO3)n1. The molecule has 2 N–H and O–H groups in total. The van der Waals surface area contributed by atoms with E-state index in [2.05, 4.69) is 15.1 Å². The molecule has 0 aliphatic carbocycles. The third kappa shape index (κ3) is 2.69. The molecular formula is C16H17N5O2S. The third-order valence-corrected chi connectivity index (χ3v) is 4.76. The number of thiazole rings is 1. The highest BCUT2D eigenvalue weighted by Gasteiger charge is 2.17. The van der Waals surface area contributed by atoms with Gasteiger partial charge >= 0.3 is 0 Å². The van der Waals surface area contributed by atoms with Crippen LogP contribution in [0.15, 0.2) is 18.2 Å². The standard InChI is InChI=1S/C16H17N5O2S/c1-9-14(24-16(17)18-9)8-15-19-10(2)20-21(15)11-3-4-12-13(7-11)23-6-5-22-12/h3-4,7H,5-6,8H2,1-2H3,(H2,17,18). The molecule has 0 bridgehead atoms. The summed E-state index contributed by atoms with van der Waals surface area (Å²) in [4.78, 5) is 9.94. The molecule has 1 aliphatic rings. The largest absolute Gasteiger partial charge is 0.486 e. The summed E-state index contributed by atoms with van der Waals surface area (Å²) in [7, 11) is 0. The van der Waals surface area contributed by atoms with Crippen molar-refractivity contribution in [3.05, 3.63) is 40.4 Å². The maximum Gasteiger partial charge on any atom is 0.180 e. The first-order chi connectivity index (χ1) is 11.6. The summed E-state index contributed by atoms with van der Waals surface area (Å²) in [5.74, 6) is 3.05. The summed E-state index contributed by atoms with van der Waals surface area (Å²) in [6, 6.07) is 5.79. The van der Waals surface area contributed by atoms with E-state index in [-0.39, 0.29) is 0 Å². The molecule has 0 fully saturated rings. The van der Waals surface area contributed by atoms with E-state index in [4.69, 9.17) is 15.2 Å². The van der Waals surface area contributed by atoms with Gasteiger partial charge in [-0.15, -0.1) is 11.3 Å². The Labute approximate surface area is 143 Å². The lowest BCUT2D eigenvalue weighted by Gasteiger charge is -2.19. The van der Waals surface area contributed by atoms with E-state index in [1.807, 2.05) is 36.7 Å². The molecule has 0 saturated carbocycles. The maximum absolute atomic E-state index is 5.80. The van der Waals surface area contributed by atoms with Crippen LogP contribution in [0.3, 0.4) is 0 Å². The highest BCUT2D eigenvalue weighted by atomic mass is 32.1. The second-order valence-electron chi connectivity index (χ2n) is 5.55. The molecule has 0 saturated heterocycles. The van der Waals surface area contributed by atoms with E-state index in [9.17, 15) is 0 Å². The number of anilines is 1. The highest BCUT2D eigenvalue weighted by Crippen LogP contribution is 2.32. The van der Waals surface area contributed by atoms with Gasteiger partial charge in [0.1, 0.15) is 24.9 Å². The van der Waals surface area contributed by atoms with Crippen LogP contribution in [0, 0.1) is 13.8 Å². The molecule has 0 atom stereocenters. The summed E-state index contributed by atoms with van der Waals surface area (Å²) in [6.07, 6.45) is 0.635. The van der Waals surface area contributed by atoms with Gasteiger partial charge in [-0.3, -0.25) is 0 Å². The molecule has 1 aliphatic heterocycles. The van der Waals surface area contributed by atoms with Crippen LogP contribution in [-0.4, -0.2) is 33.0 Å². The smallest absolute Gasteiger partial charge is 0.180 e. The molecule has 0 amide bonds. The van der Waals surface area contributed by atoms with Crippen molar-refractivity contribution >= 4 is 16.5 Å². The highest BCUT2D eigenvalue weighted by molar-refractivity contribution is 7.15. The second-order valence-corrected chi connectivity index (χ2v) is 6.67. The molecule has 124 valence electrons. The van der Waals surface area contributed by atoms with Crippen molar-refractivity contribution in [2.45, 2.75) is 20.3 Å². The number of aromatic nitrogens is 4. The summed E-state index contributed by atoms with van der Waals surface area (Å²) < 4.78 is 13.1. The average Bonchev–Trinajstić information content (AvgIpc) is 3.09. The van der Waals surface area contributed by atoms with Crippen LogP contribution in [0.25, 0.3) is 5.69 Å². The zero-order chi connectivity index (χ0) is 16.7. The van der Waals surface area contributed by atoms with Gasteiger partial charge in [0.2, 0.25) is 0 Å². The number of aryl methyl sites for hydroxylation is 2. The number of hydrogen-bond donors (Lipinski definition) is 1. The Morgan fingerprint density at radius 3 is 2.71 bits per heavy atom. The Bertz CT molecular complexity index is 902. The van der Waals surface area contributed by atoms with E-state index in [1.165, 1.54) is 11.3 Å². The summed E-state index contributed by atoms with van der Waals surface area (Å²) in [6.45, 7) is 4.97. The third-order valence-electron chi connectivity index (χ3n) is 3.78. The number of rotatable bonds is 3. The van der Waals surface area contributed by atoms with E-state index in [0.717, 1.165) is 39.4 Å². The average molecular weight is 343 g/mol. The van der Waals surface area contributed by atoms with Crippen LogP contribution in [0.1, 0.15) is 22.2 Å². The van der Waals surface area contributed by atoms with Gasteiger partial charge in [-0.2, -0.15) is 5.10 Å². The van der Waals surface area contributed by atoms with Gasteiger partial charge in [-0.25, -0.2) is 14.6 Å². The summed E-state index contributed by atoms with van der Waals surface area (Å²) in [5, 5.41) is 5.10. The minimum absolute atomic E-state index is 0.555. The minimum Gasteiger partial charge on any atom is -0.486 e. The molecule has 0 spiro atoms. The molecule has 8 heteroatoms. The van der Waals surface area contributed by atoms with Gasteiger partial charge in [0.25, 0.3) is 0 Å². The van der Waals surface area contributed by atoms with Crippen molar-refractivity contribution in [3.63, 3.8) is 0 Å². The molecule has 4 rings (SSSR count). The van der Waals surface area contributed by atoms with Crippen molar-refractivity contribution in [1.82, 2.24) is 19.7 Å². The quantitative estimate of drug-likeness (QED) is 0.785. The number of fused-ring (bicyclic) bond motifs is 1. The Morgan fingerprint density at radius 2 is 1.96 bits per heavy atom. The molecule has 3 aromatic rings. The number of benzene rings is 1. The van der Waals surface area contributed by atoms with Gasteiger partial charge in [0, 0.05) is 17.4 Å². The van der Waals surface area contributed by atoms with Crippen LogP contribution in [0.4, 0.5) is 5.13 Å². The molecule has 0 radical (unpaired) electrons. The van der Waals surface area contributed by atoms with Crippen LogP contribution < -0.4 is 15.2 Å². The number of nitrogens with two attached hydrogens (primary N) is 1. The lowest BCUT2D eigenvalue weighted by Crippen LogP contribution is -2.15. The van der Waals surface area contributed by atoms with E-state index >= 15 is 0 Å². The van der Waals surface area contributed by atoms with Crippen LogP contribution in [0.2, 0.25) is 0 Å². The first-order valence-corrected chi connectivity index (χ1v) is 8.46. The Balaban J connectivity index is 1.72. The molecular weight excluding hydrogens is 326 g/mol. The van der Waals surface area contributed by atoms with Crippen molar-refractivity contribution in [3.8, 4) is 17.2 Å². The number of nitrogens with zero attached hydrogens (tertiary/aromatic N) is 4. The molecule has 24 heavy (non-hydrogen) atoms. The fraction of sp³-hybridized carbons (Fsp3) is 0.312. The monoisotopic (exact) mass is 343 g/mol. The Morgan fingerprint density at radius 1 is 1.17 bits per heavy atom. The van der Waals surface area contributed by atoms with E-state index in [1.54, 1.807) is 0 Å². The molecule has 2 aromatic heterocycles. The van der Waals surface area contributed by atoms with E-state index < -0.39 is 0 Å². The Kier molecular flexibility index (Phi) is 3.61. The van der Waals surface area contributed by atoms with Gasteiger partial charge in [0.05, 0.1) is 11.4 Å². The topological polar surface area (TPSA) is 88.1 Å². The maximum atomic E-state index is 5.80. The lowest BCUT2D eigenvalue weighted by molar-refractivity contribution is 0.171. The fourth-order valence-corrected chi connectivity index (χ4v) is 3.53. The number of hydrogen-bond acceptors (Lipinski definition) is 7. The van der Waals surface area contributed by atoms with Crippen LogP contribution in [0.5, 0.6) is 11.5 Å². The fourth-order valence-electron chi connectivity index (χ4n) is 2.70. The zero-order valence-electron chi connectivity index (χ0n) is 13.4. The van der Waals surface area contributed by atoms with E-state index in [0.29, 0.717) is 24.8 Å². The van der Waals surface area contributed by atoms with Crippen LogP contribution >= 0.6 is 11.3 Å². The Hall–Kier alpha value is -2.61. The predicted molar refractivity (Wildman–Crippen MR) is 91.2 cm³/mol. The lowest BCUT2D eigenvalue weighted by atomic mass is 10.2. The summed E-state index contributed by atoms with van der Waals surface area (Å²) in [5.41, 5.74) is 7.63. The zero-order valence-corrected chi connectivity index (χ0v) is 14.3. The first-order valence-electron chi connectivity index (χ1n) is 7.64. The first kappa shape index (κ1) is 14.9. The minimum atomic E-state index is 0.555. The van der Waals surface area contributed by atoms with Crippen molar-refractivity contribution < 1.29 is 9.47 Å². The summed E-state index contributed by atoms with van der Waals surface area (Å²) >= 11 is 1.49.